The van der Waals surface area contributed by atoms with E-state index in [2.05, 4.69) is 14.1 Å². The number of fused-ring (bicyclic) bond motifs is 1. The Morgan fingerprint density at radius 3 is 2.97 bits per heavy atom. The summed E-state index contributed by atoms with van der Waals surface area (Å²) < 4.78 is 32.0. The first-order valence-electron chi connectivity index (χ1n) is 10.3. The Hall–Kier alpha value is -3.02. The molecule has 3 heterocycles. The number of carbonyl (C=O) groups is 1. The van der Waals surface area contributed by atoms with Crippen molar-refractivity contribution in [3.05, 3.63) is 47.7 Å². The number of amides is 1. The van der Waals surface area contributed by atoms with Crippen molar-refractivity contribution in [3.8, 4) is 5.75 Å². The minimum absolute atomic E-state index is 0.0110. The molecule has 10 nitrogen and oxygen atoms in total. The molecule has 0 spiro atoms. The number of hydrogen-bond acceptors (Lipinski definition) is 9. The van der Waals surface area contributed by atoms with Gasteiger partial charge in [-0.15, -0.1) is 4.40 Å². The molecule has 0 bridgehead atoms. The van der Waals surface area contributed by atoms with E-state index in [1.807, 2.05) is 23.9 Å². The maximum absolute atomic E-state index is 13.0. The van der Waals surface area contributed by atoms with E-state index >= 15 is 0 Å². The second-order valence-electron chi connectivity index (χ2n) is 8.14. The SMILES string of the molecule is CN(C)c1cc(C(=O)N2CCCC(COc3cccc4c3C(N)=NS(O)(O)N4)C2)ccn1. The molecule has 2 aliphatic rings. The average molecular weight is 461 g/mol. The van der Waals surface area contributed by atoms with Crippen LogP contribution in [0.2, 0.25) is 0 Å². The molecule has 1 saturated heterocycles. The van der Waals surface area contributed by atoms with Gasteiger partial charge in [-0.2, -0.15) is 0 Å². The third-order valence-electron chi connectivity index (χ3n) is 5.49. The topological polar surface area (TPSA) is 137 Å². The minimum atomic E-state index is -3.34. The summed E-state index contributed by atoms with van der Waals surface area (Å²) in [5.41, 5.74) is 7.55. The van der Waals surface area contributed by atoms with Crippen LogP contribution in [0.5, 0.6) is 5.75 Å². The van der Waals surface area contributed by atoms with E-state index < -0.39 is 11.0 Å². The fourth-order valence-corrected chi connectivity index (χ4v) is 4.80. The number of hydrogen-bond donors (Lipinski definition) is 4. The molecule has 1 unspecified atom stereocenters. The van der Waals surface area contributed by atoms with E-state index in [1.54, 1.807) is 36.5 Å². The lowest BCUT2D eigenvalue weighted by Crippen LogP contribution is -2.41. The molecule has 1 aromatic heterocycles. The molecule has 0 radical (unpaired) electrons. The number of likely N-dealkylation sites (tertiary alicyclic amines) is 1. The molecule has 4 rings (SSSR count). The van der Waals surface area contributed by atoms with Crippen LogP contribution < -0.4 is 20.1 Å². The van der Waals surface area contributed by atoms with Crippen molar-refractivity contribution in [2.45, 2.75) is 12.8 Å². The molecule has 1 atom stereocenters. The molecule has 1 fully saturated rings. The van der Waals surface area contributed by atoms with Crippen LogP contribution in [-0.4, -0.2) is 64.5 Å². The molecule has 172 valence electrons. The number of amidine groups is 1. The highest BCUT2D eigenvalue weighted by Crippen LogP contribution is 2.46. The van der Waals surface area contributed by atoms with Gasteiger partial charge in [-0.25, -0.2) is 4.98 Å². The average Bonchev–Trinajstić information content (AvgIpc) is 2.76. The van der Waals surface area contributed by atoms with Crippen LogP contribution in [-0.2, 0) is 0 Å². The highest BCUT2D eigenvalue weighted by molar-refractivity contribution is 8.24. The monoisotopic (exact) mass is 460 g/mol. The van der Waals surface area contributed by atoms with E-state index in [4.69, 9.17) is 10.5 Å². The van der Waals surface area contributed by atoms with Crippen LogP contribution in [0, 0.1) is 5.92 Å². The zero-order valence-corrected chi connectivity index (χ0v) is 18.9. The van der Waals surface area contributed by atoms with Crippen molar-refractivity contribution in [1.29, 1.82) is 0 Å². The van der Waals surface area contributed by atoms with Crippen LogP contribution >= 0.6 is 11.0 Å². The van der Waals surface area contributed by atoms with Crippen molar-refractivity contribution in [2.24, 2.45) is 16.0 Å². The quantitative estimate of drug-likeness (QED) is 0.535. The molecule has 0 aliphatic carbocycles. The fourth-order valence-electron chi connectivity index (χ4n) is 3.93. The summed E-state index contributed by atoms with van der Waals surface area (Å²) in [6.07, 6.45) is 3.49. The number of ether oxygens (including phenoxy) is 1. The van der Waals surface area contributed by atoms with Crippen LogP contribution in [0.15, 0.2) is 40.9 Å². The number of anilines is 2. The van der Waals surface area contributed by atoms with E-state index in [0.717, 1.165) is 18.7 Å². The Labute approximate surface area is 188 Å². The second kappa shape index (κ2) is 8.85. The van der Waals surface area contributed by atoms with Crippen molar-refractivity contribution < 1.29 is 18.6 Å². The van der Waals surface area contributed by atoms with E-state index in [1.165, 1.54) is 0 Å². The van der Waals surface area contributed by atoms with Gasteiger partial charge in [0, 0.05) is 44.9 Å². The number of nitrogens with two attached hydrogens (primary N) is 1. The number of pyridine rings is 1. The molecule has 2 aromatic rings. The molecule has 32 heavy (non-hydrogen) atoms. The first-order chi connectivity index (χ1) is 15.2. The summed E-state index contributed by atoms with van der Waals surface area (Å²) in [6.45, 7) is 1.70. The molecule has 0 saturated carbocycles. The van der Waals surface area contributed by atoms with Crippen molar-refractivity contribution in [3.63, 3.8) is 0 Å². The van der Waals surface area contributed by atoms with Crippen molar-refractivity contribution in [1.82, 2.24) is 9.88 Å². The third kappa shape index (κ3) is 4.74. The predicted molar refractivity (Wildman–Crippen MR) is 126 cm³/mol. The zero-order chi connectivity index (χ0) is 22.9. The molecule has 1 amide bonds. The number of piperidine rings is 1. The summed E-state index contributed by atoms with van der Waals surface area (Å²) in [7, 11) is 0.439. The minimum Gasteiger partial charge on any atom is -0.492 e. The molecule has 11 heteroatoms. The lowest BCUT2D eigenvalue weighted by atomic mass is 9.98. The highest BCUT2D eigenvalue weighted by atomic mass is 32.3. The van der Waals surface area contributed by atoms with Gasteiger partial charge in [0.2, 0.25) is 0 Å². The summed E-state index contributed by atoms with van der Waals surface area (Å²) >= 11 is 0. The summed E-state index contributed by atoms with van der Waals surface area (Å²) in [5, 5.41) is 0. The summed E-state index contributed by atoms with van der Waals surface area (Å²) in [4.78, 5) is 21.0. The number of nitrogens with one attached hydrogen (secondary N) is 1. The Kier molecular flexibility index (Phi) is 6.13. The third-order valence-corrected chi connectivity index (χ3v) is 6.43. The first-order valence-corrected chi connectivity index (χ1v) is 11.8. The maximum Gasteiger partial charge on any atom is 0.254 e. The van der Waals surface area contributed by atoms with E-state index in [9.17, 15) is 13.9 Å². The number of carbonyl (C=O) groups excluding carboxylic acids is 1. The normalized spacial score (nSPS) is 20.4. The standard InChI is InChI=1S/C21H28N6O4S/c1-26(2)18-11-15(8-9-23-18)21(28)27-10-4-5-14(12-27)13-31-17-7-3-6-16-19(17)20(22)25-32(29,30)24-16/h3,6-9,11,14,24,29-30H,4-5,10,12-13H2,1-2H3,(H2,22,25). The predicted octanol–water partition coefficient (Wildman–Crippen LogP) is 2.79. The van der Waals surface area contributed by atoms with Gasteiger partial charge in [-0.1, -0.05) is 6.07 Å². The molecular weight excluding hydrogens is 432 g/mol. The molecular formula is C21H28N6O4S. The van der Waals surface area contributed by atoms with Gasteiger partial charge in [0.1, 0.15) is 11.6 Å². The van der Waals surface area contributed by atoms with Crippen molar-refractivity contribution in [2.75, 3.05) is 43.4 Å². The number of aromatic nitrogens is 1. The lowest BCUT2D eigenvalue weighted by Gasteiger charge is -2.34. The van der Waals surface area contributed by atoms with Crippen LogP contribution in [0.1, 0.15) is 28.8 Å². The van der Waals surface area contributed by atoms with Gasteiger partial charge in [-0.05, 0) is 48.1 Å². The first kappa shape index (κ1) is 22.2. The zero-order valence-electron chi connectivity index (χ0n) is 18.1. The van der Waals surface area contributed by atoms with Gasteiger partial charge in [-0.3, -0.25) is 18.6 Å². The van der Waals surface area contributed by atoms with Gasteiger partial charge in [0.05, 0.1) is 17.9 Å². The van der Waals surface area contributed by atoms with Gasteiger partial charge in [0.15, 0.2) is 5.84 Å². The summed E-state index contributed by atoms with van der Waals surface area (Å²) in [6, 6.07) is 8.75. The maximum atomic E-state index is 13.0. The van der Waals surface area contributed by atoms with Gasteiger partial charge in [0.25, 0.3) is 5.91 Å². The molecule has 2 aliphatic heterocycles. The Morgan fingerprint density at radius 2 is 2.19 bits per heavy atom. The number of benzene rings is 1. The van der Waals surface area contributed by atoms with Gasteiger partial charge >= 0.3 is 0 Å². The smallest absolute Gasteiger partial charge is 0.254 e. The number of nitrogens with zero attached hydrogens (tertiary/aromatic N) is 4. The lowest BCUT2D eigenvalue weighted by molar-refractivity contribution is 0.0633. The van der Waals surface area contributed by atoms with Crippen LogP contribution in [0.4, 0.5) is 11.5 Å². The van der Waals surface area contributed by atoms with E-state index in [0.29, 0.717) is 42.3 Å². The van der Waals surface area contributed by atoms with Crippen LogP contribution in [0.3, 0.4) is 0 Å². The largest absolute Gasteiger partial charge is 0.492 e. The molecule has 1 aromatic carbocycles. The summed E-state index contributed by atoms with van der Waals surface area (Å²) in [5.74, 6) is 1.42. The Balaban J connectivity index is 1.43. The van der Waals surface area contributed by atoms with Gasteiger partial charge < -0.3 is 20.3 Å². The highest BCUT2D eigenvalue weighted by Gasteiger charge is 2.28. The van der Waals surface area contributed by atoms with E-state index in [-0.39, 0.29) is 17.7 Å². The van der Waals surface area contributed by atoms with Crippen LogP contribution in [0.25, 0.3) is 0 Å². The molecule has 5 N–H and O–H groups in total. The van der Waals surface area contributed by atoms with Crippen molar-refractivity contribution >= 4 is 34.2 Å². The number of rotatable bonds is 5. The Morgan fingerprint density at radius 1 is 1.38 bits per heavy atom. The second-order valence-corrected chi connectivity index (χ2v) is 9.57. The Bertz CT molecular complexity index is 1040. The fraction of sp³-hybridized carbons (Fsp3) is 0.381.